The van der Waals surface area contributed by atoms with Gasteiger partial charge in [-0.1, -0.05) is 18.5 Å². The van der Waals surface area contributed by atoms with Crippen LogP contribution in [0.15, 0.2) is 41.5 Å². The minimum absolute atomic E-state index is 0.0448. The van der Waals surface area contributed by atoms with Gasteiger partial charge in [-0.05, 0) is 62.8 Å². The minimum Gasteiger partial charge on any atom is -0.478 e. The van der Waals surface area contributed by atoms with Crippen molar-refractivity contribution in [3.8, 4) is 5.75 Å². The van der Waals surface area contributed by atoms with E-state index in [1.54, 1.807) is 36.3 Å². The number of carbonyl (C=O) groups excluding carboxylic acids is 3. The number of hydrogen-bond donors (Lipinski definition) is 3. The number of pyridine rings is 2. The van der Waals surface area contributed by atoms with Crippen LogP contribution in [0.5, 0.6) is 5.75 Å². The zero-order valence-corrected chi connectivity index (χ0v) is 35.6. The number of piperidine rings is 2. The molecule has 4 aromatic heterocycles. The molecule has 7 heterocycles. The van der Waals surface area contributed by atoms with Gasteiger partial charge >= 0.3 is 0 Å². The van der Waals surface area contributed by atoms with Crippen molar-refractivity contribution in [1.82, 2.24) is 44.8 Å². The molecule has 3 aliphatic heterocycles. The molecular weight excluding hydrogens is 807 g/mol. The lowest BCUT2D eigenvalue weighted by Crippen LogP contribution is -2.50. The van der Waals surface area contributed by atoms with Crippen LogP contribution in [0.1, 0.15) is 57.7 Å². The fourth-order valence-corrected chi connectivity index (χ4v) is 8.94. The number of likely N-dealkylation sites (N-methyl/N-ethyl adjacent to an activating group) is 1. The lowest BCUT2D eigenvalue weighted by Gasteiger charge is -2.42. The number of anilines is 4. The molecule has 19 heteroatoms. The van der Waals surface area contributed by atoms with Crippen LogP contribution >= 0.6 is 11.6 Å². The largest absolute Gasteiger partial charge is 0.478 e. The van der Waals surface area contributed by atoms with Crippen molar-refractivity contribution in [2.75, 3.05) is 74.6 Å². The molecule has 3 aliphatic rings. The third-order valence-corrected chi connectivity index (χ3v) is 12.3. The van der Waals surface area contributed by atoms with Gasteiger partial charge in [-0.3, -0.25) is 38.6 Å². The lowest BCUT2D eigenvalue weighted by molar-refractivity contribution is -0.134. The Labute approximate surface area is 356 Å². The lowest BCUT2D eigenvalue weighted by atomic mass is 9.86. The van der Waals surface area contributed by atoms with Crippen LogP contribution in [-0.4, -0.2) is 111 Å². The maximum Gasteiger partial charge on any atom is 0.294 e. The smallest absolute Gasteiger partial charge is 0.294 e. The second kappa shape index (κ2) is 17.2. The molecule has 0 saturated carbocycles. The third-order valence-electron chi connectivity index (χ3n) is 12.1. The van der Waals surface area contributed by atoms with Crippen LogP contribution < -0.4 is 36.0 Å². The maximum atomic E-state index is 15.6. The molecule has 0 radical (unpaired) electrons. The molecule has 3 atom stereocenters. The van der Waals surface area contributed by atoms with Crippen LogP contribution in [0.2, 0.25) is 5.02 Å². The first-order chi connectivity index (χ1) is 29.3. The highest BCUT2D eigenvalue weighted by molar-refractivity contribution is 6.33. The monoisotopic (exact) mass is 856 g/mol. The molecule has 61 heavy (non-hydrogen) atoms. The van der Waals surface area contributed by atoms with Crippen molar-refractivity contribution in [3.05, 3.63) is 63.5 Å². The van der Waals surface area contributed by atoms with Gasteiger partial charge in [-0.2, -0.15) is 10.1 Å². The molecule has 3 fully saturated rings. The Morgan fingerprint density at radius 2 is 1.84 bits per heavy atom. The fraction of sp³-hybridized carbons (Fsp3) is 0.476. The number of ether oxygens (including phenoxy) is 1. The minimum atomic E-state index is -0.559. The normalized spacial score (nSPS) is 20.1. The van der Waals surface area contributed by atoms with E-state index >= 15 is 4.39 Å². The van der Waals surface area contributed by atoms with Crippen molar-refractivity contribution >= 4 is 74.4 Å². The quantitative estimate of drug-likeness (QED) is 0.162. The summed E-state index contributed by atoms with van der Waals surface area (Å²) in [4.78, 5) is 70.3. The molecule has 3 amide bonds. The Kier molecular flexibility index (Phi) is 11.8. The van der Waals surface area contributed by atoms with E-state index in [0.29, 0.717) is 81.8 Å². The molecule has 0 bridgehead atoms. The zero-order valence-electron chi connectivity index (χ0n) is 34.9. The number of amides is 3. The summed E-state index contributed by atoms with van der Waals surface area (Å²) in [6, 6.07) is 6.35. The van der Waals surface area contributed by atoms with Gasteiger partial charge in [-0.25, -0.2) is 14.4 Å². The summed E-state index contributed by atoms with van der Waals surface area (Å²) in [6.45, 7) is 11.0. The van der Waals surface area contributed by atoms with E-state index in [-0.39, 0.29) is 53.9 Å². The summed E-state index contributed by atoms with van der Waals surface area (Å²) in [5, 5.41) is 14.6. The van der Waals surface area contributed by atoms with E-state index in [2.05, 4.69) is 52.6 Å². The first kappa shape index (κ1) is 41.8. The van der Waals surface area contributed by atoms with Crippen molar-refractivity contribution in [2.24, 2.45) is 18.9 Å². The summed E-state index contributed by atoms with van der Waals surface area (Å²) in [7, 11) is 3.28. The van der Waals surface area contributed by atoms with Gasteiger partial charge in [0.15, 0.2) is 18.2 Å². The highest BCUT2D eigenvalue weighted by atomic mass is 35.5. The van der Waals surface area contributed by atoms with Crippen LogP contribution in [0.25, 0.3) is 21.9 Å². The van der Waals surface area contributed by atoms with E-state index in [0.717, 1.165) is 44.5 Å². The molecular formula is C42H50ClFN12O5. The molecule has 5 aromatic rings. The second-order valence-electron chi connectivity index (χ2n) is 16.4. The standard InChI is InChI=1S/C42H50ClFN12O5/c1-23(2)56-39-26(17-32(41(56)60)61-22-34(58)45-4)16-27(18-46-39)48-38-30(43)19-47-42(50-38)55-11-10-25(24(3)20-55)21-53-12-14-54(15-13-53)37-31(44)8-6-28-35(51-52(5)36(28)37)29-7-9-33(57)49-40(29)59/h6,8,16-19,23-25,29H,7,9-15,20-22H2,1-5H3,(H,45,58)(H,47,48,50)(H,49,57,59)/t24-,25?,29?/m0/s1. The molecule has 17 nitrogen and oxygen atoms in total. The second-order valence-corrected chi connectivity index (χ2v) is 16.8. The van der Waals surface area contributed by atoms with Gasteiger partial charge in [-0.15, -0.1) is 0 Å². The number of fused-ring (bicyclic) bond motifs is 2. The Hall–Kier alpha value is -5.88. The Morgan fingerprint density at radius 3 is 2.56 bits per heavy atom. The number of piperazine rings is 1. The van der Waals surface area contributed by atoms with E-state index < -0.39 is 5.92 Å². The fourth-order valence-electron chi connectivity index (χ4n) is 8.80. The molecule has 3 saturated heterocycles. The average molecular weight is 857 g/mol. The van der Waals surface area contributed by atoms with E-state index in [1.807, 2.05) is 19.9 Å². The first-order valence-electron chi connectivity index (χ1n) is 20.7. The van der Waals surface area contributed by atoms with Crippen LogP contribution in [-0.2, 0) is 21.4 Å². The Bertz CT molecular complexity index is 2570. The molecule has 1 aromatic carbocycles. The summed E-state index contributed by atoms with van der Waals surface area (Å²) in [6.07, 6.45) is 4.77. The first-order valence-corrected chi connectivity index (χ1v) is 21.1. The molecule has 0 aliphatic carbocycles. The van der Waals surface area contributed by atoms with E-state index in [9.17, 15) is 19.2 Å². The number of aromatic nitrogens is 6. The van der Waals surface area contributed by atoms with E-state index in [4.69, 9.17) is 21.3 Å². The van der Waals surface area contributed by atoms with Gasteiger partial charge in [0.25, 0.3) is 11.5 Å². The average Bonchev–Trinajstić information content (AvgIpc) is 3.56. The Morgan fingerprint density at radius 1 is 1.05 bits per heavy atom. The SMILES string of the molecule is CNC(=O)COc1cc2cc(Nc3nc(N4CCC(CN5CCN(c6c(F)ccc7c(C8CCC(=O)NC8=O)nn(C)c67)CC5)[C@@H](C)C4)ncc3Cl)cnc2n(C(C)C)c1=O. The number of rotatable bonds is 11. The highest BCUT2D eigenvalue weighted by Crippen LogP contribution is 2.37. The summed E-state index contributed by atoms with van der Waals surface area (Å²) in [5.41, 5.74) is 2.42. The van der Waals surface area contributed by atoms with Crippen molar-refractivity contribution < 1.29 is 23.5 Å². The number of nitrogens with one attached hydrogen (secondary N) is 3. The van der Waals surface area contributed by atoms with Gasteiger partial charge in [0, 0.05) is 83.1 Å². The summed E-state index contributed by atoms with van der Waals surface area (Å²) in [5.74, 6) is -0.0774. The van der Waals surface area contributed by atoms with Gasteiger partial charge < -0.3 is 25.2 Å². The summed E-state index contributed by atoms with van der Waals surface area (Å²) >= 11 is 6.61. The van der Waals surface area contributed by atoms with Crippen molar-refractivity contribution in [2.45, 2.75) is 52.0 Å². The highest BCUT2D eigenvalue weighted by Gasteiger charge is 2.34. The predicted octanol–water partition coefficient (Wildman–Crippen LogP) is 4.12. The molecule has 322 valence electrons. The van der Waals surface area contributed by atoms with Gasteiger partial charge in [0.2, 0.25) is 17.8 Å². The van der Waals surface area contributed by atoms with Crippen molar-refractivity contribution in [1.29, 1.82) is 0 Å². The maximum absolute atomic E-state index is 15.6. The van der Waals surface area contributed by atoms with Gasteiger partial charge in [0.05, 0.1) is 40.9 Å². The van der Waals surface area contributed by atoms with Crippen LogP contribution in [0.3, 0.4) is 0 Å². The number of aryl methyl sites for hydroxylation is 1. The summed E-state index contributed by atoms with van der Waals surface area (Å²) < 4.78 is 24.4. The molecule has 2 unspecified atom stereocenters. The van der Waals surface area contributed by atoms with Crippen LogP contribution in [0, 0.1) is 17.7 Å². The van der Waals surface area contributed by atoms with Crippen molar-refractivity contribution in [3.63, 3.8) is 0 Å². The number of carbonyl (C=O) groups is 3. The third kappa shape index (κ3) is 8.42. The topological polar surface area (TPSA) is 185 Å². The number of hydrogen-bond acceptors (Lipinski definition) is 13. The number of imide groups is 1. The number of benzene rings is 1. The van der Waals surface area contributed by atoms with Crippen LogP contribution in [0.4, 0.5) is 27.5 Å². The van der Waals surface area contributed by atoms with Gasteiger partial charge in [0.1, 0.15) is 16.5 Å². The molecule has 0 spiro atoms. The molecule has 8 rings (SSSR count). The Balaban J connectivity index is 0.904. The predicted molar refractivity (Wildman–Crippen MR) is 230 cm³/mol. The zero-order chi connectivity index (χ0) is 43.1. The number of halogens is 2. The molecule has 3 N–H and O–H groups in total. The van der Waals surface area contributed by atoms with E-state index in [1.165, 1.54) is 17.7 Å². The number of nitrogens with zero attached hydrogens (tertiary/aromatic N) is 9.